The van der Waals surface area contributed by atoms with E-state index in [-0.39, 0.29) is 54.1 Å². The summed E-state index contributed by atoms with van der Waals surface area (Å²) in [4.78, 5) is 68.7. The second-order valence-electron chi connectivity index (χ2n) is 13.8. The Hall–Kier alpha value is -2.28. The molecule has 0 aromatic heterocycles. The Balaban J connectivity index is 5.88. The summed E-state index contributed by atoms with van der Waals surface area (Å²) in [6.45, 7) is 11.0. The summed E-state index contributed by atoms with van der Waals surface area (Å²) in [7, 11) is 22.0. The molecule has 4 amide bonds. The highest BCUT2D eigenvalue weighted by molar-refractivity contribution is 5.91. The first-order chi connectivity index (χ1) is 19.6. The van der Waals surface area contributed by atoms with Gasteiger partial charge in [-0.15, -0.1) is 0 Å². The molecule has 43 heavy (non-hydrogen) atoms. The highest BCUT2D eigenvalue weighted by Gasteiger charge is 2.39. The fourth-order valence-corrected chi connectivity index (χ4v) is 5.42. The molecule has 0 spiro atoms. The minimum absolute atomic E-state index is 0.113. The standard InChI is InChI=1S/C31H64N8O4/c1-21(2)26(38(16)28(40)24(34(10)11)19-32(6)7)30(42)36(14)18-23(5)37(15)31(43)27(22(3)4)39(17)29(41)25(35(12)13)20-33(8)9/h21-27H,18-20H2,1-17H3. The average molecular weight is 613 g/mol. The molecular formula is C31H64N8O4. The van der Waals surface area contributed by atoms with E-state index in [2.05, 4.69) is 0 Å². The van der Waals surface area contributed by atoms with Crippen molar-refractivity contribution >= 4 is 23.6 Å². The lowest BCUT2D eigenvalue weighted by Gasteiger charge is -2.40. The Morgan fingerprint density at radius 3 is 1.05 bits per heavy atom. The third kappa shape index (κ3) is 11.6. The van der Waals surface area contributed by atoms with Crippen LogP contribution in [0.4, 0.5) is 0 Å². The minimum atomic E-state index is -0.655. The second kappa shape index (κ2) is 17.9. The van der Waals surface area contributed by atoms with Gasteiger partial charge in [-0.3, -0.25) is 29.0 Å². The Kier molecular flexibility index (Phi) is 16.9. The highest BCUT2D eigenvalue weighted by atomic mass is 16.2. The SMILES string of the molecule is CC(C)C(C(=O)N(C)CC(C)N(C)C(=O)C(C(C)C)N(C)C(=O)C(CN(C)C)N(C)C)N(C)C(=O)C(CN(C)C)N(C)C. The quantitative estimate of drug-likeness (QED) is 0.231. The van der Waals surface area contributed by atoms with Gasteiger partial charge in [0.15, 0.2) is 0 Å². The number of amides is 4. The second-order valence-corrected chi connectivity index (χ2v) is 13.8. The molecular weight excluding hydrogens is 548 g/mol. The molecule has 0 aromatic rings. The minimum Gasteiger partial charge on any atom is -0.342 e. The molecule has 0 radical (unpaired) electrons. The van der Waals surface area contributed by atoms with Crippen LogP contribution in [0.25, 0.3) is 0 Å². The van der Waals surface area contributed by atoms with Gasteiger partial charge in [0.25, 0.3) is 0 Å². The topological polar surface area (TPSA) is 94.2 Å². The van der Waals surface area contributed by atoms with E-state index in [4.69, 9.17) is 0 Å². The molecule has 12 nitrogen and oxygen atoms in total. The molecule has 0 saturated heterocycles. The third-order valence-corrected chi connectivity index (χ3v) is 8.11. The molecule has 0 rings (SSSR count). The van der Waals surface area contributed by atoms with Crippen molar-refractivity contribution in [2.45, 2.75) is 64.8 Å². The van der Waals surface area contributed by atoms with E-state index < -0.39 is 18.1 Å². The molecule has 0 saturated carbocycles. The predicted molar refractivity (Wildman–Crippen MR) is 175 cm³/mol. The maximum Gasteiger partial charge on any atom is 0.245 e. The van der Waals surface area contributed by atoms with Gasteiger partial charge in [-0.2, -0.15) is 0 Å². The van der Waals surface area contributed by atoms with Crippen LogP contribution in [0.5, 0.6) is 0 Å². The van der Waals surface area contributed by atoms with Crippen LogP contribution in [0.1, 0.15) is 34.6 Å². The Morgan fingerprint density at radius 2 is 0.767 bits per heavy atom. The van der Waals surface area contributed by atoms with Gasteiger partial charge in [-0.25, -0.2) is 0 Å². The maximum atomic E-state index is 13.8. The van der Waals surface area contributed by atoms with Gasteiger partial charge in [0.05, 0.1) is 0 Å². The van der Waals surface area contributed by atoms with Crippen molar-refractivity contribution in [3.05, 3.63) is 0 Å². The highest BCUT2D eigenvalue weighted by Crippen LogP contribution is 2.19. The molecule has 5 atom stereocenters. The van der Waals surface area contributed by atoms with Crippen LogP contribution >= 0.6 is 0 Å². The van der Waals surface area contributed by atoms with Crippen molar-refractivity contribution in [3.63, 3.8) is 0 Å². The number of likely N-dealkylation sites (N-methyl/N-ethyl adjacent to an activating group) is 8. The maximum absolute atomic E-state index is 13.8. The van der Waals surface area contributed by atoms with Crippen molar-refractivity contribution in [2.75, 3.05) is 104 Å². The number of nitrogens with zero attached hydrogens (tertiary/aromatic N) is 8. The van der Waals surface area contributed by atoms with Crippen molar-refractivity contribution in [2.24, 2.45) is 11.8 Å². The zero-order valence-electron chi connectivity index (χ0n) is 30.4. The van der Waals surface area contributed by atoms with E-state index in [1.165, 1.54) is 0 Å². The van der Waals surface area contributed by atoms with E-state index in [1.807, 2.05) is 111 Å². The van der Waals surface area contributed by atoms with E-state index in [1.54, 1.807) is 47.8 Å². The third-order valence-electron chi connectivity index (χ3n) is 8.11. The first kappa shape index (κ1) is 40.7. The lowest BCUT2D eigenvalue weighted by molar-refractivity contribution is -0.151. The molecule has 0 heterocycles. The number of rotatable bonds is 17. The summed E-state index contributed by atoms with van der Waals surface area (Å²) in [5, 5.41) is 0. The van der Waals surface area contributed by atoms with Gasteiger partial charge < -0.3 is 29.4 Å². The molecule has 0 N–H and O–H groups in total. The van der Waals surface area contributed by atoms with Crippen LogP contribution in [-0.2, 0) is 19.2 Å². The Bertz CT molecular complexity index is 908. The largest absolute Gasteiger partial charge is 0.342 e. The summed E-state index contributed by atoms with van der Waals surface area (Å²) in [6.07, 6.45) is 0. The molecule has 252 valence electrons. The number of carbonyl (C=O) groups is 4. The van der Waals surface area contributed by atoms with Crippen molar-refractivity contribution in [1.29, 1.82) is 0 Å². The normalized spacial score (nSPS) is 15.6. The van der Waals surface area contributed by atoms with E-state index >= 15 is 0 Å². The molecule has 0 aromatic carbocycles. The van der Waals surface area contributed by atoms with Gasteiger partial charge >= 0.3 is 0 Å². The summed E-state index contributed by atoms with van der Waals surface area (Å²) in [5.74, 6) is -0.806. The van der Waals surface area contributed by atoms with Crippen LogP contribution in [0, 0.1) is 11.8 Å². The summed E-state index contributed by atoms with van der Waals surface area (Å²) in [6, 6.07) is -2.41. The lowest BCUT2D eigenvalue weighted by atomic mass is 9.99. The van der Waals surface area contributed by atoms with Crippen LogP contribution in [0.3, 0.4) is 0 Å². The predicted octanol–water partition coefficient (Wildman–Crippen LogP) is 0.241. The summed E-state index contributed by atoms with van der Waals surface area (Å²) >= 11 is 0. The smallest absolute Gasteiger partial charge is 0.245 e. The average Bonchev–Trinajstić information content (AvgIpc) is 2.87. The van der Waals surface area contributed by atoms with Gasteiger partial charge in [0, 0.05) is 53.9 Å². The van der Waals surface area contributed by atoms with Gasteiger partial charge in [-0.1, -0.05) is 27.7 Å². The van der Waals surface area contributed by atoms with Crippen molar-refractivity contribution in [3.8, 4) is 0 Å². The van der Waals surface area contributed by atoms with E-state index in [9.17, 15) is 19.2 Å². The molecule has 0 aliphatic rings. The van der Waals surface area contributed by atoms with Gasteiger partial charge in [-0.05, 0) is 75.1 Å². The van der Waals surface area contributed by atoms with Crippen LogP contribution in [0.2, 0.25) is 0 Å². The first-order valence-electron chi connectivity index (χ1n) is 15.3. The zero-order chi connectivity index (χ0) is 34.1. The number of hydrogen-bond acceptors (Lipinski definition) is 8. The molecule has 0 fully saturated rings. The monoisotopic (exact) mass is 613 g/mol. The van der Waals surface area contributed by atoms with Gasteiger partial charge in [0.2, 0.25) is 23.6 Å². The molecule has 0 aliphatic carbocycles. The first-order valence-corrected chi connectivity index (χ1v) is 15.3. The zero-order valence-corrected chi connectivity index (χ0v) is 30.4. The van der Waals surface area contributed by atoms with Crippen molar-refractivity contribution in [1.82, 2.24) is 39.2 Å². The summed E-state index contributed by atoms with van der Waals surface area (Å²) < 4.78 is 0. The van der Waals surface area contributed by atoms with Crippen LogP contribution < -0.4 is 0 Å². The summed E-state index contributed by atoms with van der Waals surface area (Å²) in [5.41, 5.74) is 0. The van der Waals surface area contributed by atoms with Crippen LogP contribution in [0.15, 0.2) is 0 Å². The molecule has 12 heteroatoms. The van der Waals surface area contributed by atoms with Gasteiger partial charge in [0.1, 0.15) is 24.2 Å². The fraction of sp³-hybridized carbons (Fsp3) is 0.871. The van der Waals surface area contributed by atoms with Crippen LogP contribution in [-0.4, -0.2) is 197 Å². The molecule has 0 aliphatic heterocycles. The Labute approximate surface area is 262 Å². The van der Waals surface area contributed by atoms with E-state index in [0.717, 1.165) is 0 Å². The Morgan fingerprint density at radius 1 is 0.442 bits per heavy atom. The lowest BCUT2D eigenvalue weighted by Crippen LogP contribution is -2.59. The molecule has 0 bridgehead atoms. The number of carbonyl (C=O) groups excluding carboxylic acids is 4. The van der Waals surface area contributed by atoms with Crippen molar-refractivity contribution < 1.29 is 19.2 Å². The van der Waals surface area contributed by atoms with E-state index in [0.29, 0.717) is 13.1 Å². The number of hydrogen-bond donors (Lipinski definition) is 0. The fourth-order valence-electron chi connectivity index (χ4n) is 5.42. The molecule has 5 unspecified atom stereocenters.